The average molecular weight is 321 g/mol. The number of piperazine rings is 1. The van der Waals surface area contributed by atoms with E-state index in [0.717, 1.165) is 29.1 Å². The number of carbonyl (C=O) groups is 1. The third kappa shape index (κ3) is 2.98. The molecule has 2 heterocycles. The highest BCUT2D eigenvalue weighted by molar-refractivity contribution is 7.12. The molecule has 3 nitrogen and oxygen atoms in total. The molecule has 110 valence electrons. The Balaban J connectivity index is 1.92. The van der Waals surface area contributed by atoms with E-state index in [4.69, 9.17) is 11.6 Å². The van der Waals surface area contributed by atoms with Crippen LogP contribution in [0, 0.1) is 6.92 Å². The maximum atomic E-state index is 12.8. The average Bonchev–Trinajstić information content (AvgIpc) is 2.93. The van der Waals surface area contributed by atoms with Crippen LogP contribution < -0.4 is 5.32 Å². The molecule has 0 aliphatic carbocycles. The summed E-state index contributed by atoms with van der Waals surface area (Å²) >= 11 is 7.61. The van der Waals surface area contributed by atoms with Gasteiger partial charge in [0, 0.05) is 24.7 Å². The first-order chi connectivity index (χ1) is 10.2. The van der Waals surface area contributed by atoms with E-state index in [0.29, 0.717) is 11.6 Å². The lowest BCUT2D eigenvalue weighted by Gasteiger charge is -2.36. The van der Waals surface area contributed by atoms with E-state index < -0.39 is 0 Å². The van der Waals surface area contributed by atoms with Gasteiger partial charge in [0.2, 0.25) is 0 Å². The van der Waals surface area contributed by atoms with Gasteiger partial charge in [0.15, 0.2) is 0 Å². The van der Waals surface area contributed by atoms with Gasteiger partial charge in [-0.1, -0.05) is 23.7 Å². The Morgan fingerprint density at radius 3 is 3.00 bits per heavy atom. The summed E-state index contributed by atoms with van der Waals surface area (Å²) in [5, 5.41) is 6.04. The van der Waals surface area contributed by atoms with E-state index in [1.54, 1.807) is 0 Å². The van der Waals surface area contributed by atoms with Gasteiger partial charge in [-0.05, 0) is 41.6 Å². The standard InChI is InChI=1S/C16H17ClN2OS/c1-11-5-8-21-15(11)16(20)19-7-6-18-10-14(19)12-3-2-4-13(17)9-12/h2-5,8-9,14,18H,6-7,10H2,1H3. The number of benzene rings is 1. The van der Waals surface area contributed by atoms with Crippen molar-refractivity contribution in [1.82, 2.24) is 10.2 Å². The summed E-state index contributed by atoms with van der Waals surface area (Å²) in [7, 11) is 0. The van der Waals surface area contributed by atoms with Crippen molar-refractivity contribution in [3.63, 3.8) is 0 Å². The maximum absolute atomic E-state index is 12.8. The van der Waals surface area contributed by atoms with Crippen molar-refractivity contribution in [3.8, 4) is 0 Å². The van der Waals surface area contributed by atoms with Crippen LogP contribution in [0.2, 0.25) is 5.02 Å². The Morgan fingerprint density at radius 2 is 2.29 bits per heavy atom. The van der Waals surface area contributed by atoms with Crippen LogP contribution in [0.1, 0.15) is 26.8 Å². The fourth-order valence-electron chi connectivity index (χ4n) is 2.68. The molecule has 0 saturated carbocycles. The van der Waals surface area contributed by atoms with Gasteiger partial charge in [0.05, 0.1) is 10.9 Å². The van der Waals surface area contributed by atoms with Crippen LogP contribution in [-0.2, 0) is 0 Å². The fraction of sp³-hybridized carbons (Fsp3) is 0.312. The van der Waals surface area contributed by atoms with Gasteiger partial charge in [-0.2, -0.15) is 0 Å². The lowest BCUT2D eigenvalue weighted by Crippen LogP contribution is -2.48. The van der Waals surface area contributed by atoms with Crippen molar-refractivity contribution >= 4 is 28.8 Å². The second kappa shape index (κ2) is 6.18. The van der Waals surface area contributed by atoms with Crippen LogP contribution in [0.15, 0.2) is 35.7 Å². The minimum absolute atomic E-state index is 0.0337. The molecular weight excluding hydrogens is 304 g/mol. The van der Waals surface area contributed by atoms with Crippen molar-refractivity contribution in [2.45, 2.75) is 13.0 Å². The van der Waals surface area contributed by atoms with E-state index in [-0.39, 0.29) is 11.9 Å². The highest BCUT2D eigenvalue weighted by Gasteiger charge is 2.29. The zero-order valence-electron chi connectivity index (χ0n) is 11.8. The molecule has 0 spiro atoms. The van der Waals surface area contributed by atoms with Crippen LogP contribution in [0.3, 0.4) is 0 Å². The van der Waals surface area contributed by atoms with Crippen LogP contribution in [-0.4, -0.2) is 30.4 Å². The summed E-state index contributed by atoms with van der Waals surface area (Å²) in [4.78, 5) is 15.6. The molecule has 1 unspecified atom stereocenters. The summed E-state index contributed by atoms with van der Waals surface area (Å²) in [6.07, 6.45) is 0. The lowest BCUT2D eigenvalue weighted by molar-refractivity contribution is 0.0638. The minimum atomic E-state index is 0.0337. The predicted octanol–water partition coefficient (Wildman–Crippen LogP) is 3.50. The highest BCUT2D eigenvalue weighted by atomic mass is 35.5. The topological polar surface area (TPSA) is 32.3 Å². The molecule has 1 saturated heterocycles. The zero-order chi connectivity index (χ0) is 14.8. The second-order valence-corrected chi connectivity index (χ2v) is 6.56. The molecule has 5 heteroatoms. The van der Waals surface area contributed by atoms with Crippen LogP contribution in [0.25, 0.3) is 0 Å². The number of aryl methyl sites for hydroxylation is 1. The van der Waals surface area contributed by atoms with Gasteiger partial charge >= 0.3 is 0 Å². The SMILES string of the molecule is Cc1ccsc1C(=O)N1CCNCC1c1cccc(Cl)c1. The van der Waals surface area contributed by atoms with Crippen molar-refractivity contribution in [2.75, 3.05) is 19.6 Å². The zero-order valence-corrected chi connectivity index (χ0v) is 13.4. The molecule has 1 aliphatic rings. The smallest absolute Gasteiger partial charge is 0.264 e. The number of nitrogens with one attached hydrogen (secondary N) is 1. The molecule has 1 aromatic heterocycles. The van der Waals surface area contributed by atoms with E-state index in [2.05, 4.69) is 5.32 Å². The monoisotopic (exact) mass is 320 g/mol. The minimum Gasteiger partial charge on any atom is -0.328 e. The summed E-state index contributed by atoms with van der Waals surface area (Å²) in [6.45, 7) is 4.29. The maximum Gasteiger partial charge on any atom is 0.264 e. The van der Waals surface area contributed by atoms with Gasteiger partial charge in [0.25, 0.3) is 5.91 Å². The van der Waals surface area contributed by atoms with Gasteiger partial charge < -0.3 is 10.2 Å². The van der Waals surface area contributed by atoms with E-state index >= 15 is 0 Å². The summed E-state index contributed by atoms with van der Waals surface area (Å²) < 4.78 is 0. The molecule has 1 atom stereocenters. The Labute approximate surface area is 133 Å². The van der Waals surface area contributed by atoms with E-state index in [1.165, 1.54) is 11.3 Å². The van der Waals surface area contributed by atoms with Crippen molar-refractivity contribution in [2.24, 2.45) is 0 Å². The van der Waals surface area contributed by atoms with Crippen molar-refractivity contribution in [3.05, 3.63) is 56.7 Å². The van der Waals surface area contributed by atoms with E-state index in [1.807, 2.05) is 47.5 Å². The molecule has 21 heavy (non-hydrogen) atoms. The first-order valence-corrected chi connectivity index (χ1v) is 8.24. The second-order valence-electron chi connectivity index (χ2n) is 5.21. The van der Waals surface area contributed by atoms with Gasteiger partial charge in [-0.15, -0.1) is 11.3 Å². The number of thiophene rings is 1. The molecule has 2 aromatic rings. The third-order valence-electron chi connectivity index (χ3n) is 3.79. The van der Waals surface area contributed by atoms with Gasteiger partial charge in [-0.25, -0.2) is 0 Å². The Morgan fingerprint density at radius 1 is 1.43 bits per heavy atom. The largest absolute Gasteiger partial charge is 0.328 e. The van der Waals surface area contributed by atoms with Crippen molar-refractivity contribution in [1.29, 1.82) is 0 Å². The lowest BCUT2D eigenvalue weighted by atomic mass is 10.0. The number of nitrogens with zero attached hydrogens (tertiary/aromatic N) is 1. The van der Waals surface area contributed by atoms with Gasteiger partial charge in [0.1, 0.15) is 0 Å². The number of rotatable bonds is 2. The Hall–Kier alpha value is -1.36. The number of amides is 1. The molecule has 1 N–H and O–H groups in total. The van der Waals surface area contributed by atoms with Crippen LogP contribution in [0.4, 0.5) is 0 Å². The van der Waals surface area contributed by atoms with E-state index in [9.17, 15) is 4.79 Å². The first kappa shape index (κ1) is 14.6. The summed E-state index contributed by atoms with van der Waals surface area (Å²) in [5.74, 6) is 0.119. The molecule has 1 aliphatic heterocycles. The molecular formula is C16H17ClN2OS. The first-order valence-electron chi connectivity index (χ1n) is 6.98. The van der Waals surface area contributed by atoms with Crippen molar-refractivity contribution < 1.29 is 4.79 Å². The number of hydrogen-bond donors (Lipinski definition) is 1. The molecule has 0 radical (unpaired) electrons. The fourth-order valence-corrected chi connectivity index (χ4v) is 3.76. The molecule has 3 rings (SSSR count). The molecule has 1 aromatic carbocycles. The summed E-state index contributed by atoms with van der Waals surface area (Å²) in [6, 6.07) is 9.80. The van der Waals surface area contributed by atoms with Crippen LogP contribution in [0.5, 0.6) is 0 Å². The molecule has 1 amide bonds. The molecule has 1 fully saturated rings. The Bertz CT molecular complexity index is 655. The number of halogens is 1. The number of hydrogen-bond acceptors (Lipinski definition) is 3. The van der Waals surface area contributed by atoms with Crippen LogP contribution >= 0.6 is 22.9 Å². The normalized spacial score (nSPS) is 18.8. The number of carbonyl (C=O) groups excluding carboxylic acids is 1. The summed E-state index contributed by atoms with van der Waals surface area (Å²) in [5.41, 5.74) is 2.13. The highest BCUT2D eigenvalue weighted by Crippen LogP contribution is 2.28. The predicted molar refractivity (Wildman–Crippen MR) is 87.2 cm³/mol. The quantitative estimate of drug-likeness (QED) is 0.918. The van der Waals surface area contributed by atoms with Gasteiger partial charge in [-0.3, -0.25) is 4.79 Å². The molecule has 0 bridgehead atoms. The third-order valence-corrected chi connectivity index (χ3v) is 5.03. The Kier molecular flexibility index (Phi) is 4.29.